The van der Waals surface area contributed by atoms with Gasteiger partial charge in [-0.15, -0.1) is 0 Å². The number of alkyl halides is 1. The SMILES string of the molecule is CC(C)I.Cc1[nH]ncc1Br.Cc1nn(C(C)C)cc1B(O)O.Cc1nn(C(C)C)cc1Br.[B][B]. The van der Waals surface area contributed by atoms with Crippen molar-refractivity contribution in [3.63, 3.8) is 0 Å². The number of hydrogen-bond donors (Lipinski definition) is 3. The molecule has 0 bridgehead atoms. The van der Waals surface area contributed by atoms with Crippen LogP contribution in [0.15, 0.2) is 27.5 Å². The van der Waals surface area contributed by atoms with Gasteiger partial charge in [-0.3, -0.25) is 14.5 Å². The Morgan fingerprint density at radius 3 is 1.49 bits per heavy atom. The highest BCUT2D eigenvalue weighted by Gasteiger charge is 2.17. The number of hydrogen-bond acceptors (Lipinski definition) is 5. The normalized spacial score (nSPS) is 9.86. The molecule has 0 spiro atoms. The standard InChI is InChI=1S/C7H13BN2O2.C7H11BrN2.C4H5BrN2.C3H7I.B2/c1-5(2)10-4-7(8(11)12)6(3)9-10;1-5(2)10-4-7(8)6(3)9-10;1-3-4(5)2-6-7-3;1-3(2)4;1-2/h4-5,11-12H,1-3H3;4-5H,1-3H3;2H,1H3,(H,6,7);3H,1-2H3;. The average Bonchev–Trinajstić information content (AvgIpc) is 3.44. The van der Waals surface area contributed by atoms with Crippen molar-refractivity contribution in [3.05, 3.63) is 44.6 Å². The van der Waals surface area contributed by atoms with E-state index in [0.29, 0.717) is 17.2 Å². The van der Waals surface area contributed by atoms with Crippen molar-refractivity contribution < 1.29 is 10.0 Å². The Morgan fingerprint density at radius 2 is 1.31 bits per heavy atom. The second-order valence-electron chi connectivity index (χ2n) is 8.11. The van der Waals surface area contributed by atoms with Crippen molar-refractivity contribution in [1.29, 1.82) is 0 Å². The predicted octanol–water partition coefficient (Wildman–Crippen LogP) is 4.54. The quantitative estimate of drug-likeness (QED) is 0.209. The largest absolute Gasteiger partial charge is 0.491 e. The molecule has 8 nitrogen and oxygen atoms in total. The van der Waals surface area contributed by atoms with E-state index in [9.17, 15) is 0 Å². The minimum Gasteiger partial charge on any atom is -0.423 e. The van der Waals surface area contributed by atoms with Crippen LogP contribution in [-0.2, 0) is 0 Å². The topological polar surface area (TPSA) is 105 Å². The Hall–Kier alpha value is -0.565. The Labute approximate surface area is 243 Å². The molecule has 3 aromatic rings. The second-order valence-corrected chi connectivity index (χ2v) is 12.3. The maximum absolute atomic E-state index is 8.90. The molecule has 0 aliphatic heterocycles. The van der Waals surface area contributed by atoms with Gasteiger partial charge in [0.2, 0.25) is 0 Å². The number of aromatic nitrogens is 6. The van der Waals surface area contributed by atoms with Crippen LogP contribution in [0.2, 0.25) is 0 Å². The molecule has 0 saturated carbocycles. The first kappa shape index (κ1) is 36.6. The molecule has 0 aliphatic rings. The molecule has 3 rings (SSSR count). The van der Waals surface area contributed by atoms with Crippen molar-refractivity contribution in [2.45, 2.75) is 78.3 Å². The Kier molecular flexibility index (Phi) is 20.4. The molecule has 0 aromatic carbocycles. The second kappa shape index (κ2) is 19.5. The van der Waals surface area contributed by atoms with Crippen LogP contribution in [0.4, 0.5) is 0 Å². The van der Waals surface area contributed by atoms with Crippen LogP contribution in [0.1, 0.15) is 70.7 Å². The lowest BCUT2D eigenvalue weighted by molar-refractivity contribution is 0.425. The lowest BCUT2D eigenvalue weighted by atomic mass is 9.81. The number of aryl methyl sites for hydroxylation is 3. The fourth-order valence-electron chi connectivity index (χ4n) is 2.07. The number of rotatable bonds is 3. The minimum atomic E-state index is -1.42. The molecule has 0 unspecified atom stereocenters. The van der Waals surface area contributed by atoms with E-state index < -0.39 is 7.12 Å². The van der Waals surface area contributed by atoms with E-state index in [2.05, 4.69) is 118 Å². The first-order valence-corrected chi connectivity index (χ1v) is 13.8. The molecule has 4 radical (unpaired) electrons. The van der Waals surface area contributed by atoms with Gasteiger partial charge >= 0.3 is 7.12 Å². The van der Waals surface area contributed by atoms with Gasteiger partial charge in [0.25, 0.3) is 0 Å². The molecular weight excluding hydrogens is 687 g/mol. The van der Waals surface area contributed by atoms with Gasteiger partial charge < -0.3 is 10.0 Å². The molecular formula is C21H36B3Br2IN6O2. The Balaban J connectivity index is 0. The number of nitrogens with zero attached hydrogens (tertiary/aromatic N) is 5. The summed E-state index contributed by atoms with van der Waals surface area (Å²) in [5.74, 6) is 0. The van der Waals surface area contributed by atoms with Crippen LogP contribution in [0, 0.1) is 20.8 Å². The minimum absolute atomic E-state index is 0.246. The predicted molar refractivity (Wildman–Crippen MR) is 164 cm³/mol. The molecule has 35 heavy (non-hydrogen) atoms. The number of nitrogens with one attached hydrogen (secondary N) is 1. The third-order valence-corrected chi connectivity index (χ3v) is 5.49. The maximum atomic E-state index is 8.90. The maximum Gasteiger partial charge on any atom is 0.491 e. The van der Waals surface area contributed by atoms with Crippen LogP contribution >= 0.6 is 54.5 Å². The molecule has 14 heteroatoms. The molecule has 0 amide bonds. The molecule has 0 fully saturated rings. The van der Waals surface area contributed by atoms with Crippen molar-refractivity contribution in [2.75, 3.05) is 0 Å². The first-order chi connectivity index (χ1) is 16.2. The summed E-state index contributed by atoms with van der Waals surface area (Å²) in [4.78, 5) is 0. The summed E-state index contributed by atoms with van der Waals surface area (Å²) in [6, 6.07) is 0.696. The highest BCUT2D eigenvalue weighted by Crippen LogP contribution is 2.15. The third-order valence-electron chi connectivity index (χ3n) is 3.92. The van der Waals surface area contributed by atoms with Crippen LogP contribution in [0.3, 0.4) is 0 Å². The monoisotopic (exact) mass is 722 g/mol. The number of halogens is 3. The van der Waals surface area contributed by atoms with Gasteiger partial charge in [0.05, 0.1) is 26.5 Å². The highest BCUT2D eigenvalue weighted by atomic mass is 127. The van der Waals surface area contributed by atoms with Crippen LogP contribution in [0.5, 0.6) is 0 Å². The average molecular weight is 724 g/mol. The molecule has 3 heterocycles. The van der Waals surface area contributed by atoms with Gasteiger partial charge in [-0.2, -0.15) is 15.3 Å². The zero-order valence-corrected chi connectivity index (χ0v) is 27.3. The molecule has 192 valence electrons. The summed E-state index contributed by atoms with van der Waals surface area (Å²) in [5, 5.41) is 32.7. The van der Waals surface area contributed by atoms with E-state index in [0.717, 1.165) is 24.3 Å². The van der Waals surface area contributed by atoms with Crippen molar-refractivity contribution >= 4 is 82.5 Å². The fraction of sp³-hybridized carbons (Fsp3) is 0.571. The van der Waals surface area contributed by atoms with Gasteiger partial charge in [-0.05, 0) is 80.3 Å². The Bertz CT molecular complexity index is 911. The van der Waals surface area contributed by atoms with E-state index in [1.54, 1.807) is 24.0 Å². The summed E-state index contributed by atoms with van der Waals surface area (Å²) in [6.45, 7) is 18.2. The van der Waals surface area contributed by atoms with Crippen LogP contribution in [-0.4, -0.2) is 66.3 Å². The fourth-order valence-corrected chi connectivity index (χ4v) is 2.55. The molecule has 0 atom stereocenters. The van der Waals surface area contributed by atoms with Gasteiger partial charge in [0.1, 0.15) is 0 Å². The van der Waals surface area contributed by atoms with Gasteiger partial charge in [0.15, 0.2) is 0 Å². The van der Waals surface area contributed by atoms with E-state index in [4.69, 9.17) is 10.0 Å². The lowest BCUT2D eigenvalue weighted by Gasteiger charge is -2.02. The van der Waals surface area contributed by atoms with Crippen LogP contribution in [0.25, 0.3) is 0 Å². The first-order valence-electron chi connectivity index (χ1n) is 10.9. The van der Waals surface area contributed by atoms with Gasteiger partial charge in [-0.25, -0.2) is 0 Å². The van der Waals surface area contributed by atoms with Crippen molar-refractivity contribution in [1.82, 2.24) is 29.8 Å². The Morgan fingerprint density at radius 1 is 0.886 bits per heavy atom. The summed E-state index contributed by atoms with van der Waals surface area (Å²) >= 11 is 9.02. The van der Waals surface area contributed by atoms with Crippen molar-refractivity contribution in [2.24, 2.45) is 0 Å². The zero-order chi connectivity index (χ0) is 27.9. The zero-order valence-electron chi connectivity index (χ0n) is 22.0. The summed E-state index contributed by atoms with van der Waals surface area (Å²) < 4.78 is 6.58. The highest BCUT2D eigenvalue weighted by molar-refractivity contribution is 14.1. The van der Waals surface area contributed by atoms with Crippen LogP contribution < -0.4 is 5.46 Å². The molecule has 3 aromatic heterocycles. The summed E-state index contributed by atoms with van der Waals surface area (Å²) in [6.07, 6.45) is 5.39. The van der Waals surface area contributed by atoms with E-state index in [1.807, 2.05) is 38.6 Å². The van der Waals surface area contributed by atoms with E-state index in [-0.39, 0.29) is 6.04 Å². The number of H-pyrrole nitrogens is 1. The van der Waals surface area contributed by atoms with Crippen molar-refractivity contribution in [3.8, 4) is 0 Å². The van der Waals surface area contributed by atoms with Gasteiger partial charge in [-0.1, -0.05) is 36.4 Å². The summed E-state index contributed by atoms with van der Waals surface area (Å²) in [5.41, 5.74) is 3.26. The number of aromatic amines is 1. The molecule has 0 aliphatic carbocycles. The van der Waals surface area contributed by atoms with E-state index >= 15 is 0 Å². The molecule has 3 N–H and O–H groups in total. The third kappa shape index (κ3) is 16.0. The lowest BCUT2D eigenvalue weighted by Crippen LogP contribution is -2.30. The van der Waals surface area contributed by atoms with Gasteiger partial charge in [0, 0.05) is 55.0 Å². The molecule has 0 saturated heterocycles. The summed E-state index contributed by atoms with van der Waals surface area (Å²) in [7, 11) is 6.58. The smallest absolute Gasteiger partial charge is 0.423 e. The van der Waals surface area contributed by atoms with E-state index in [1.165, 1.54) is 0 Å².